The Morgan fingerprint density at radius 1 is 1.07 bits per heavy atom. The highest BCUT2D eigenvalue weighted by molar-refractivity contribution is 5.29. The lowest BCUT2D eigenvalue weighted by Crippen LogP contribution is -2.49. The summed E-state index contributed by atoms with van der Waals surface area (Å²) in [5.41, 5.74) is 1.20. The van der Waals surface area contributed by atoms with E-state index in [1.165, 1.54) is 17.7 Å². The van der Waals surface area contributed by atoms with Crippen LogP contribution >= 0.6 is 0 Å². The van der Waals surface area contributed by atoms with Gasteiger partial charge in [-0.15, -0.1) is 6.42 Å². The molecular formula is C23H24FNO2. The predicted molar refractivity (Wildman–Crippen MR) is 103 cm³/mol. The summed E-state index contributed by atoms with van der Waals surface area (Å²) in [6.07, 6.45) is 8.79. The first-order valence-corrected chi connectivity index (χ1v) is 9.47. The Balaban J connectivity index is 1.45. The summed E-state index contributed by atoms with van der Waals surface area (Å²) in [5.74, 6) is 2.98. The number of rotatable bonds is 5. The molecular weight excluding hydrogens is 341 g/mol. The Hall–Kier alpha value is -2.35. The van der Waals surface area contributed by atoms with Crippen molar-refractivity contribution in [3.63, 3.8) is 0 Å². The lowest BCUT2D eigenvalue weighted by Gasteiger charge is -2.44. The van der Waals surface area contributed by atoms with Gasteiger partial charge in [-0.25, -0.2) is 4.39 Å². The molecule has 0 saturated carbocycles. The molecule has 2 bridgehead atoms. The van der Waals surface area contributed by atoms with Gasteiger partial charge in [0.2, 0.25) is 0 Å². The van der Waals surface area contributed by atoms with Crippen LogP contribution in [-0.2, 0) is 12.1 Å². The summed E-state index contributed by atoms with van der Waals surface area (Å²) in [6, 6.07) is 15.1. The summed E-state index contributed by atoms with van der Waals surface area (Å²) < 4.78 is 18.7. The highest BCUT2D eigenvalue weighted by atomic mass is 19.1. The molecule has 1 N–H and O–H groups in total. The van der Waals surface area contributed by atoms with Crippen LogP contribution < -0.4 is 4.74 Å². The van der Waals surface area contributed by atoms with Crippen LogP contribution in [0.2, 0.25) is 0 Å². The number of nitrogens with zero attached hydrogens (tertiary/aromatic N) is 1. The average molecular weight is 365 g/mol. The van der Waals surface area contributed by atoms with Crippen molar-refractivity contribution >= 4 is 0 Å². The van der Waals surface area contributed by atoms with E-state index in [0.29, 0.717) is 24.9 Å². The van der Waals surface area contributed by atoms with Gasteiger partial charge in [0.15, 0.2) is 0 Å². The maximum Gasteiger partial charge on any atom is 0.148 e. The van der Waals surface area contributed by atoms with Crippen molar-refractivity contribution in [3.05, 3.63) is 65.5 Å². The first-order chi connectivity index (χ1) is 13.1. The molecule has 0 radical (unpaired) electrons. The number of halogens is 1. The van der Waals surface area contributed by atoms with E-state index in [0.717, 1.165) is 30.7 Å². The number of terminal acetylenes is 1. The Kier molecular flexibility index (Phi) is 4.90. The van der Waals surface area contributed by atoms with Gasteiger partial charge in [-0.05, 0) is 61.1 Å². The van der Waals surface area contributed by atoms with Crippen LogP contribution in [0.25, 0.3) is 0 Å². The van der Waals surface area contributed by atoms with Crippen LogP contribution in [0.4, 0.5) is 4.39 Å². The minimum absolute atomic E-state index is 0.266. The molecule has 0 spiro atoms. The Morgan fingerprint density at radius 2 is 1.70 bits per heavy atom. The van der Waals surface area contributed by atoms with Crippen LogP contribution in [0.1, 0.15) is 36.8 Å². The SMILES string of the molecule is C#CCOc1ccc(CN2[C@@H]3CC[C@@H]2CC(O)(c2ccc(F)cc2)C3)cc1. The summed E-state index contributed by atoms with van der Waals surface area (Å²) in [6.45, 7) is 1.14. The molecule has 2 fully saturated rings. The molecule has 140 valence electrons. The number of aliphatic hydroxyl groups is 1. The van der Waals surface area contributed by atoms with E-state index in [4.69, 9.17) is 11.2 Å². The zero-order chi connectivity index (χ0) is 18.9. The van der Waals surface area contributed by atoms with Crippen molar-refractivity contribution in [2.45, 2.75) is 49.9 Å². The van der Waals surface area contributed by atoms with Crippen molar-refractivity contribution in [1.29, 1.82) is 0 Å². The zero-order valence-corrected chi connectivity index (χ0v) is 15.3. The zero-order valence-electron chi connectivity index (χ0n) is 15.3. The monoisotopic (exact) mass is 365 g/mol. The first-order valence-electron chi connectivity index (χ1n) is 9.47. The number of hydrogen-bond donors (Lipinski definition) is 1. The molecule has 2 saturated heterocycles. The molecule has 2 aliphatic rings. The maximum absolute atomic E-state index is 13.2. The summed E-state index contributed by atoms with van der Waals surface area (Å²) in [4.78, 5) is 2.51. The van der Waals surface area contributed by atoms with Gasteiger partial charge in [-0.1, -0.05) is 30.2 Å². The lowest BCUT2D eigenvalue weighted by molar-refractivity contribution is -0.0595. The van der Waals surface area contributed by atoms with Crippen molar-refractivity contribution in [3.8, 4) is 18.1 Å². The van der Waals surface area contributed by atoms with Gasteiger partial charge in [-0.2, -0.15) is 0 Å². The minimum atomic E-state index is -0.858. The molecule has 0 aliphatic carbocycles. The summed E-state index contributed by atoms with van der Waals surface area (Å²) >= 11 is 0. The maximum atomic E-state index is 13.2. The Labute approximate surface area is 159 Å². The van der Waals surface area contributed by atoms with E-state index < -0.39 is 5.60 Å². The van der Waals surface area contributed by atoms with Gasteiger partial charge in [0.1, 0.15) is 18.2 Å². The van der Waals surface area contributed by atoms with Gasteiger partial charge in [0, 0.05) is 18.6 Å². The Morgan fingerprint density at radius 3 is 2.30 bits per heavy atom. The van der Waals surface area contributed by atoms with Crippen molar-refractivity contribution in [2.75, 3.05) is 6.61 Å². The van der Waals surface area contributed by atoms with Gasteiger partial charge in [-0.3, -0.25) is 4.90 Å². The lowest BCUT2D eigenvalue weighted by atomic mass is 9.80. The van der Waals surface area contributed by atoms with Crippen LogP contribution in [-0.4, -0.2) is 28.7 Å². The number of ether oxygens (including phenoxy) is 1. The second kappa shape index (κ2) is 7.34. The van der Waals surface area contributed by atoms with Crippen LogP contribution in [0.5, 0.6) is 5.75 Å². The molecule has 0 aromatic heterocycles. The largest absolute Gasteiger partial charge is 0.481 e. The second-order valence-electron chi connectivity index (χ2n) is 7.64. The average Bonchev–Trinajstić information content (AvgIpc) is 2.91. The van der Waals surface area contributed by atoms with E-state index >= 15 is 0 Å². The van der Waals surface area contributed by atoms with Gasteiger partial charge < -0.3 is 9.84 Å². The molecule has 27 heavy (non-hydrogen) atoms. The van der Waals surface area contributed by atoms with E-state index in [2.05, 4.69) is 23.0 Å². The van der Waals surface area contributed by atoms with E-state index in [-0.39, 0.29) is 12.4 Å². The first kappa shape index (κ1) is 18.0. The van der Waals surface area contributed by atoms with Crippen LogP contribution in [0, 0.1) is 18.2 Å². The van der Waals surface area contributed by atoms with Gasteiger partial charge >= 0.3 is 0 Å². The number of hydrogen-bond acceptors (Lipinski definition) is 3. The number of fused-ring (bicyclic) bond motifs is 2. The molecule has 4 rings (SSSR count). The van der Waals surface area contributed by atoms with E-state index in [1.807, 2.05) is 12.1 Å². The van der Waals surface area contributed by atoms with E-state index in [1.54, 1.807) is 12.1 Å². The second-order valence-corrected chi connectivity index (χ2v) is 7.64. The molecule has 3 nitrogen and oxygen atoms in total. The number of benzene rings is 2. The third kappa shape index (κ3) is 3.71. The van der Waals surface area contributed by atoms with Crippen molar-refractivity contribution in [2.24, 2.45) is 0 Å². The van der Waals surface area contributed by atoms with Crippen LogP contribution in [0.15, 0.2) is 48.5 Å². The van der Waals surface area contributed by atoms with Gasteiger partial charge in [0.05, 0.1) is 5.60 Å². The molecule has 2 heterocycles. The Bertz CT molecular complexity index is 811. The molecule has 0 unspecified atom stereocenters. The molecule has 0 amide bonds. The molecule has 2 aliphatic heterocycles. The van der Waals surface area contributed by atoms with Crippen LogP contribution in [0.3, 0.4) is 0 Å². The predicted octanol–water partition coefficient (Wildman–Crippen LogP) is 3.85. The fourth-order valence-electron chi connectivity index (χ4n) is 4.60. The molecule has 2 aromatic rings. The van der Waals surface area contributed by atoms with E-state index in [9.17, 15) is 9.50 Å². The topological polar surface area (TPSA) is 32.7 Å². The summed E-state index contributed by atoms with van der Waals surface area (Å²) in [5, 5.41) is 11.2. The third-order valence-electron chi connectivity index (χ3n) is 5.91. The molecule has 2 atom stereocenters. The smallest absolute Gasteiger partial charge is 0.148 e. The fourth-order valence-corrected chi connectivity index (χ4v) is 4.60. The van der Waals surface area contributed by atoms with Crippen molar-refractivity contribution < 1.29 is 14.2 Å². The normalized spacial score (nSPS) is 27.3. The third-order valence-corrected chi connectivity index (χ3v) is 5.91. The fraction of sp³-hybridized carbons (Fsp3) is 0.391. The minimum Gasteiger partial charge on any atom is -0.481 e. The van der Waals surface area contributed by atoms with Gasteiger partial charge in [0.25, 0.3) is 0 Å². The van der Waals surface area contributed by atoms with Crippen molar-refractivity contribution in [1.82, 2.24) is 4.90 Å². The highest BCUT2D eigenvalue weighted by Crippen LogP contribution is 2.46. The summed E-state index contributed by atoms with van der Waals surface area (Å²) in [7, 11) is 0. The highest BCUT2D eigenvalue weighted by Gasteiger charge is 2.48. The number of piperidine rings is 1. The quantitative estimate of drug-likeness (QED) is 0.817. The molecule has 2 aromatic carbocycles. The molecule has 4 heteroatoms. The standard InChI is InChI=1S/C23H24FNO2/c1-2-13-27-22-11-3-17(4-12-22)16-25-20-9-10-21(25)15-23(26,14-20)18-5-7-19(24)8-6-18/h1,3-8,11-12,20-21,26H,9-10,13-16H2/t20-,21-/m1/s1.